The van der Waals surface area contributed by atoms with Crippen molar-refractivity contribution in [3.63, 3.8) is 0 Å². The number of anilines is 1. The van der Waals surface area contributed by atoms with Gasteiger partial charge in [0.15, 0.2) is 11.0 Å². The third-order valence-electron chi connectivity index (χ3n) is 7.74. The van der Waals surface area contributed by atoms with Gasteiger partial charge in [0.25, 0.3) is 0 Å². The van der Waals surface area contributed by atoms with E-state index in [0.717, 1.165) is 40.4 Å². The number of nitrogens with one attached hydrogen (secondary N) is 1. The van der Waals surface area contributed by atoms with Gasteiger partial charge in [-0.1, -0.05) is 56.8 Å². The molecule has 1 N–H and O–H groups in total. The molecule has 1 fully saturated rings. The minimum Gasteiger partial charge on any atom is -0.497 e. The molecule has 1 saturated heterocycles. The molecule has 1 aromatic heterocycles. The first-order valence-corrected chi connectivity index (χ1v) is 15.8. The first-order chi connectivity index (χ1) is 21.9. The molecular weight excluding hydrogens is 617 g/mol. The number of amides is 2. The average molecular weight is 653 g/mol. The maximum absolute atomic E-state index is 13.0. The summed E-state index contributed by atoms with van der Waals surface area (Å²) < 4.78 is 48.2. The van der Waals surface area contributed by atoms with Crippen molar-refractivity contribution < 1.29 is 27.4 Å². The Morgan fingerprint density at radius 3 is 2.35 bits per heavy atom. The van der Waals surface area contributed by atoms with Crippen molar-refractivity contribution in [1.29, 1.82) is 0 Å². The number of rotatable bonds is 9. The van der Waals surface area contributed by atoms with Gasteiger partial charge in [-0.3, -0.25) is 0 Å². The van der Waals surface area contributed by atoms with Crippen LogP contribution in [0.1, 0.15) is 50.7 Å². The van der Waals surface area contributed by atoms with E-state index in [9.17, 15) is 18.0 Å². The molecule has 242 valence electrons. The molecule has 0 saturated carbocycles. The van der Waals surface area contributed by atoms with Gasteiger partial charge in [0, 0.05) is 35.5 Å². The zero-order valence-corrected chi connectivity index (χ0v) is 26.9. The number of carbonyl (C=O) groups is 1. The number of ether oxygens (including phenoxy) is 2. The van der Waals surface area contributed by atoms with Gasteiger partial charge in [-0.05, 0) is 66.4 Å². The number of alkyl halides is 3. The molecule has 2 unspecified atom stereocenters. The Morgan fingerprint density at radius 2 is 1.70 bits per heavy atom. The van der Waals surface area contributed by atoms with Gasteiger partial charge in [-0.25, -0.2) is 14.5 Å². The number of aliphatic imine (C=N–C) groups is 1. The van der Waals surface area contributed by atoms with Crippen molar-refractivity contribution in [3.8, 4) is 28.6 Å². The van der Waals surface area contributed by atoms with Gasteiger partial charge in [-0.2, -0.15) is 4.99 Å². The Bertz CT molecular complexity index is 1690. The summed E-state index contributed by atoms with van der Waals surface area (Å²) in [6, 6.07) is 18.5. The Kier molecular flexibility index (Phi) is 9.90. The van der Waals surface area contributed by atoms with Crippen LogP contribution in [0.3, 0.4) is 0 Å². The minimum atomic E-state index is -4.75. The summed E-state index contributed by atoms with van der Waals surface area (Å²) in [7, 11) is 1.65. The van der Waals surface area contributed by atoms with Crippen LogP contribution in [0.2, 0.25) is 0 Å². The maximum Gasteiger partial charge on any atom is 0.573 e. The fraction of sp³-hybridized carbons (Fsp3) is 0.333. The third kappa shape index (κ3) is 7.82. The van der Waals surface area contributed by atoms with E-state index in [2.05, 4.69) is 43.9 Å². The van der Waals surface area contributed by atoms with Gasteiger partial charge >= 0.3 is 12.4 Å². The molecule has 13 heteroatoms. The summed E-state index contributed by atoms with van der Waals surface area (Å²) >= 11 is 1.56. The number of hydrogen-bond acceptors (Lipinski definition) is 6. The van der Waals surface area contributed by atoms with Crippen LogP contribution in [0.4, 0.5) is 23.7 Å². The molecule has 46 heavy (non-hydrogen) atoms. The molecule has 5 rings (SSSR count). The van der Waals surface area contributed by atoms with E-state index >= 15 is 0 Å². The highest BCUT2D eigenvalue weighted by Crippen LogP contribution is 2.35. The van der Waals surface area contributed by atoms with Crippen LogP contribution in [0.25, 0.3) is 17.1 Å². The van der Waals surface area contributed by atoms with Gasteiger partial charge in [0.05, 0.1) is 12.8 Å². The molecule has 0 radical (unpaired) electrons. The lowest BCUT2D eigenvalue weighted by Crippen LogP contribution is -2.36. The molecule has 0 aliphatic carbocycles. The van der Waals surface area contributed by atoms with E-state index in [-0.39, 0.29) is 23.6 Å². The number of benzene rings is 3. The SMILES string of the molecule is COc1ccc(N2CCSC2=NC(=O)NC(C)C(C)c2ccc(-c3ncn(-c4ccc(OC(F)(F)F)cc4)n3)cc2)c(C(C)C)c1. The van der Waals surface area contributed by atoms with Crippen LogP contribution < -0.4 is 19.7 Å². The molecule has 0 spiro atoms. The topological polar surface area (TPSA) is 93.9 Å². The smallest absolute Gasteiger partial charge is 0.497 e. The molecule has 0 bridgehead atoms. The zero-order chi connectivity index (χ0) is 33.0. The second kappa shape index (κ2) is 13.9. The summed E-state index contributed by atoms with van der Waals surface area (Å²) in [5.41, 5.74) is 4.49. The molecule has 2 amide bonds. The number of hydrogen-bond donors (Lipinski definition) is 1. The lowest BCUT2D eigenvalue weighted by molar-refractivity contribution is -0.274. The second-order valence-electron chi connectivity index (χ2n) is 11.2. The number of nitrogens with zero attached hydrogens (tertiary/aromatic N) is 5. The largest absolute Gasteiger partial charge is 0.573 e. The third-order valence-corrected chi connectivity index (χ3v) is 8.70. The van der Waals surface area contributed by atoms with E-state index in [1.165, 1.54) is 35.3 Å². The van der Waals surface area contributed by atoms with Gasteiger partial charge in [-0.15, -0.1) is 18.3 Å². The fourth-order valence-corrected chi connectivity index (χ4v) is 6.02. The van der Waals surface area contributed by atoms with Crippen molar-refractivity contribution in [2.24, 2.45) is 4.99 Å². The Morgan fingerprint density at radius 1 is 1.00 bits per heavy atom. The van der Waals surface area contributed by atoms with Gasteiger partial charge in [0.1, 0.15) is 17.8 Å². The van der Waals surface area contributed by atoms with Gasteiger partial charge < -0.3 is 19.7 Å². The lowest BCUT2D eigenvalue weighted by atomic mass is 9.93. The molecule has 1 aliphatic rings. The fourth-order valence-electron chi connectivity index (χ4n) is 5.07. The monoisotopic (exact) mass is 652 g/mol. The highest BCUT2D eigenvalue weighted by molar-refractivity contribution is 8.14. The predicted octanol–water partition coefficient (Wildman–Crippen LogP) is 7.78. The molecule has 9 nitrogen and oxygen atoms in total. The number of amidine groups is 1. The van der Waals surface area contributed by atoms with E-state index in [1.807, 2.05) is 56.3 Å². The summed E-state index contributed by atoms with van der Waals surface area (Å²) in [5.74, 6) is 2.04. The average Bonchev–Trinajstić information content (AvgIpc) is 3.70. The molecular formula is C33H35F3N6O3S. The molecule has 4 aromatic rings. The van der Waals surface area contributed by atoms with Crippen LogP contribution in [0.15, 0.2) is 78.0 Å². The summed E-state index contributed by atoms with van der Waals surface area (Å²) in [6.45, 7) is 9.01. The summed E-state index contributed by atoms with van der Waals surface area (Å²) in [6.07, 6.45) is -3.26. The Hall–Kier alpha value is -4.52. The minimum absolute atomic E-state index is 0.0115. The number of thioether (sulfide) groups is 1. The summed E-state index contributed by atoms with van der Waals surface area (Å²) in [4.78, 5) is 23.9. The van der Waals surface area contributed by atoms with Crippen molar-refractivity contribution in [2.75, 3.05) is 24.3 Å². The highest BCUT2D eigenvalue weighted by Gasteiger charge is 2.31. The maximum atomic E-state index is 13.0. The van der Waals surface area contributed by atoms with E-state index in [4.69, 9.17) is 4.74 Å². The number of methoxy groups -OCH3 is 1. The van der Waals surface area contributed by atoms with Crippen molar-refractivity contribution in [3.05, 3.63) is 84.2 Å². The van der Waals surface area contributed by atoms with E-state index in [1.54, 1.807) is 18.9 Å². The molecule has 1 aliphatic heterocycles. The first-order valence-electron chi connectivity index (χ1n) is 14.8. The number of aromatic nitrogens is 3. The van der Waals surface area contributed by atoms with Crippen LogP contribution in [0.5, 0.6) is 11.5 Å². The molecule has 3 aromatic carbocycles. The lowest BCUT2D eigenvalue weighted by Gasteiger charge is -2.24. The van der Waals surface area contributed by atoms with E-state index in [0.29, 0.717) is 16.7 Å². The summed E-state index contributed by atoms with van der Waals surface area (Å²) in [5, 5.41) is 8.17. The Labute approximate surface area is 269 Å². The number of carbonyl (C=O) groups excluding carboxylic acids is 1. The second-order valence-corrected chi connectivity index (χ2v) is 12.2. The number of urea groups is 1. The van der Waals surface area contributed by atoms with Crippen LogP contribution in [0, 0.1) is 0 Å². The normalized spacial score (nSPS) is 15.7. The van der Waals surface area contributed by atoms with Crippen LogP contribution >= 0.6 is 11.8 Å². The van der Waals surface area contributed by atoms with Crippen molar-refractivity contribution in [2.45, 2.75) is 51.9 Å². The predicted molar refractivity (Wildman–Crippen MR) is 174 cm³/mol. The van der Waals surface area contributed by atoms with Crippen LogP contribution in [-0.2, 0) is 0 Å². The molecule has 2 heterocycles. The standard InChI is InChI=1S/C33H35F3N6O3S/c1-20(2)28-18-27(44-5)14-15-29(28)41-16-17-46-32(41)39-31(43)38-22(4)21(3)23-6-8-24(9-7-23)30-37-19-42(40-30)25-10-12-26(13-11-25)45-33(34,35)36/h6-15,18-22H,16-17H2,1-5H3,(H,38,43). The van der Waals surface area contributed by atoms with Crippen LogP contribution in [-0.4, -0.2) is 57.8 Å². The zero-order valence-electron chi connectivity index (χ0n) is 26.1. The van der Waals surface area contributed by atoms with Gasteiger partial charge in [0.2, 0.25) is 0 Å². The first kappa shape index (κ1) is 32.9. The van der Waals surface area contributed by atoms with Crippen molar-refractivity contribution in [1.82, 2.24) is 20.1 Å². The highest BCUT2D eigenvalue weighted by atomic mass is 32.2. The van der Waals surface area contributed by atoms with Crippen molar-refractivity contribution >= 4 is 28.6 Å². The quantitative estimate of drug-likeness (QED) is 0.197. The molecule has 2 atom stereocenters. The van der Waals surface area contributed by atoms with E-state index < -0.39 is 12.4 Å². The number of halogens is 3. The Balaban J connectivity index is 1.22.